The average molecular weight is 335 g/mol. The minimum absolute atomic E-state index is 0.0371. The van der Waals surface area contributed by atoms with E-state index in [1.165, 1.54) is 6.07 Å². The van der Waals surface area contributed by atoms with E-state index >= 15 is 0 Å². The fourth-order valence-corrected chi connectivity index (χ4v) is 2.08. The highest BCUT2D eigenvalue weighted by Crippen LogP contribution is 2.32. The van der Waals surface area contributed by atoms with Gasteiger partial charge in [0.1, 0.15) is 5.02 Å². The number of halogens is 2. The van der Waals surface area contributed by atoms with Gasteiger partial charge >= 0.3 is 0 Å². The van der Waals surface area contributed by atoms with Gasteiger partial charge in [-0.2, -0.15) is 0 Å². The number of nitrogens with zero attached hydrogens (tertiary/aromatic N) is 1. The van der Waals surface area contributed by atoms with Crippen molar-refractivity contribution in [3.63, 3.8) is 0 Å². The highest BCUT2D eigenvalue weighted by Gasteiger charge is 2.19. The summed E-state index contributed by atoms with van der Waals surface area (Å²) in [5.41, 5.74) is -0.311. The van der Waals surface area contributed by atoms with Crippen LogP contribution in [0, 0.1) is 16.0 Å². The minimum atomic E-state index is -0.687. The van der Waals surface area contributed by atoms with Gasteiger partial charge in [-0.15, -0.1) is 0 Å². The molecule has 6 nitrogen and oxygen atoms in total. The molecule has 1 unspecified atom stereocenters. The maximum Gasteiger partial charge on any atom is 0.290 e. The van der Waals surface area contributed by atoms with Gasteiger partial charge in [-0.1, -0.05) is 30.1 Å². The molecule has 1 amide bonds. The molecule has 1 rings (SSSR count). The number of aliphatic hydroxyl groups is 1. The summed E-state index contributed by atoms with van der Waals surface area (Å²) in [6.45, 7) is 2.42. The number of carbonyl (C=O) groups excluding carboxylic acids is 1. The monoisotopic (exact) mass is 334 g/mol. The van der Waals surface area contributed by atoms with Crippen LogP contribution in [0.15, 0.2) is 12.1 Å². The Balaban J connectivity index is 2.68. The van der Waals surface area contributed by atoms with Gasteiger partial charge in [0.15, 0.2) is 0 Å². The van der Waals surface area contributed by atoms with Crippen molar-refractivity contribution in [3.05, 3.63) is 37.9 Å². The Morgan fingerprint density at radius 2 is 2.14 bits per heavy atom. The summed E-state index contributed by atoms with van der Waals surface area (Å²) in [5.74, 6) is -0.277. The summed E-state index contributed by atoms with van der Waals surface area (Å²) in [5, 5.41) is 22.1. The number of carbonyl (C=O) groups is 1. The molecular weight excluding hydrogens is 319 g/mol. The van der Waals surface area contributed by atoms with Gasteiger partial charge in [-0.3, -0.25) is 14.9 Å². The van der Waals surface area contributed by atoms with Gasteiger partial charge in [0.2, 0.25) is 0 Å². The minimum Gasteiger partial charge on any atom is -0.396 e. The van der Waals surface area contributed by atoms with Crippen molar-refractivity contribution in [2.45, 2.75) is 19.8 Å². The van der Waals surface area contributed by atoms with Crippen molar-refractivity contribution in [2.75, 3.05) is 13.2 Å². The Hall–Kier alpha value is -1.37. The van der Waals surface area contributed by atoms with Gasteiger partial charge in [-0.05, 0) is 24.8 Å². The maximum atomic E-state index is 11.9. The van der Waals surface area contributed by atoms with Crippen LogP contribution in [0.1, 0.15) is 30.1 Å². The lowest BCUT2D eigenvalue weighted by Crippen LogP contribution is -2.25. The number of nitro groups is 1. The third kappa shape index (κ3) is 5.15. The SMILES string of the molecule is CC(CO)CCCNC(=O)c1cc(Cl)c(Cl)c([N+](=O)[O-])c1. The van der Waals surface area contributed by atoms with Gasteiger partial charge in [0, 0.05) is 24.8 Å². The summed E-state index contributed by atoms with van der Waals surface area (Å²) in [6, 6.07) is 2.39. The number of hydrogen-bond donors (Lipinski definition) is 2. The number of rotatable bonds is 7. The number of aliphatic hydroxyl groups excluding tert-OH is 1. The highest BCUT2D eigenvalue weighted by molar-refractivity contribution is 6.43. The molecule has 1 aromatic rings. The molecule has 0 bridgehead atoms. The Morgan fingerprint density at radius 1 is 1.48 bits per heavy atom. The third-order valence-corrected chi connectivity index (χ3v) is 3.73. The Morgan fingerprint density at radius 3 is 2.71 bits per heavy atom. The molecule has 21 heavy (non-hydrogen) atoms. The maximum absolute atomic E-state index is 11.9. The van der Waals surface area contributed by atoms with E-state index < -0.39 is 16.5 Å². The molecule has 0 aliphatic carbocycles. The zero-order valence-corrected chi connectivity index (χ0v) is 12.9. The Bertz CT molecular complexity index is 537. The Kier molecular flexibility index (Phi) is 6.87. The molecule has 0 spiro atoms. The van der Waals surface area contributed by atoms with Crippen molar-refractivity contribution in [2.24, 2.45) is 5.92 Å². The van der Waals surface area contributed by atoms with E-state index in [2.05, 4.69) is 5.32 Å². The van der Waals surface area contributed by atoms with E-state index in [9.17, 15) is 14.9 Å². The molecule has 0 aliphatic rings. The van der Waals surface area contributed by atoms with Crippen molar-refractivity contribution in [1.82, 2.24) is 5.32 Å². The second-order valence-corrected chi connectivity index (χ2v) is 5.52. The van der Waals surface area contributed by atoms with E-state index in [-0.39, 0.29) is 28.1 Å². The number of amides is 1. The standard InChI is InChI=1S/C13H16Cl2N2O4/c1-8(7-18)3-2-4-16-13(19)9-5-10(14)12(15)11(6-9)17(20)21/h5-6,8,18H,2-4,7H2,1H3,(H,16,19). The first kappa shape index (κ1) is 17.7. The zero-order valence-electron chi connectivity index (χ0n) is 11.4. The van der Waals surface area contributed by atoms with E-state index in [0.717, 1.165) is 12.5 Å². The van der Waals surface area contributed by atoms with Crippen molar-refractivity contribution >= 4 is 34.8 Å². The predicted molar refractivity (Wildman–Crippen MR) is 80.9 cm³/mol. The molecule has 8 heteroatoms. The molecule has 0 heterocycles. The lowest BCUT2D eigenvalue weighted by atomic mass is 10.1. The smallest absolute Gasteiger partial charge is 0.290 e. The lowest BCUT2D eigenvalue weighted by Gasteiger charge is -2.09. The number of benzene rings is 1. The fourth-order valence-electron chi connectivity index (χ4n) is 1.68. The molecule has 0 radical (unpaired) electrons. The second kappa shape index (κ2) is 8.17. The van der Waals surface area contributed by atoms with Crippen molar-refractivity contribution in [3.8, 4) is 0 Å². The summed E-state index contributed by atoms with van der Waals surface area (Å²) < 4.78 is 0. The summed E-state index contributed by atoms with van der Waals surface area (Å²) in [6.07, 6.45) is 1.48. The molecular formula is C13H16Cl2N2O4. The summed E-state index contributed by atoms with van der Waals surface area (Å²) in [7, 11) is 0. The average Bonchev–Trinajstić information content (AvgIpc) is 2.45. The van der Waals surface area contributed by atoms with E-state index in [4.69, 9.17) is 28.3 Å². The van der Waals surface area contributed by atoms with Gasteiger partial charge in [0.25, 0.3) is 11.6 Å². The normalized spacial score (nSPS) is 12.0. The van der Waals surface area contributed by atoms with Crippen LogP contribution < -0.4 is 5.32 Å². The van der Waals surface area contributed by atoms with Gasteiger partial charge in [0.05, 0.1) is 9.95 Å². The zero-order chi connectivity index (χ0) is 16.0. The summed E-state index contributed by atoms with van der Waals surface area (Å²) in [4.78, 5) is 22.1. The van der Waals surface area contributed by atoms with Crippen LogP contribution in [-0.4, -0.2) is 29.1 Å². The first-order chi connectivity index (χ1) is 9.86. The molecule has 0 aromatic heterocycles. The van der Waals surface area contributed by atoms with Crippen LogP contribution in [0.2, 0.25) is 10.0 Å². The molecule has 0 saturated carbocycles. The Labute approximate surface area is 132 Å². The van der Waals surface area contributed by atoms with Crippen LogP contribution >= 0.6 is 23.2 Å². The highest BCUT2D eigenvalue weighted by atomic mass is 35.5. The molecule has 2 N–H and O–H groups in total. The molecule has 116 valence electrons. The number of hydrogen-bond acceptors (Lipinski definition) is 4. The van der Waals surface area contributed by atoms with Crippen LogP contribution in [0.3, 0.4) is 0 Å². The lowest BCUT2D eigenvalue weighted by molar-refractivity contribution is -0.384. The quantitative estimate of drug-likeness (QED) is 0.455. The van der Waals surface area contributed by atoms with Crippen molar-refractivity contribution in [1.29, 1.82) is 0 Å². The molecule has 0 saturated heterocycles. The van der Waals surface area contributed by atoms with Crippen LogP contribution in [0.5, 0.6) is 0 Å². The van der Waals surface area contributed by atoms with Gasteiger partial charge < -0.3 is 10.4 Å². The first-order valence-corrected chi connectivity index (χ1v) is 7.15. The summed E-state index contributed by atoms with van der Waals surface area (Å²) >= 11 is 11.5. The predicted octanol–water partition coefficient (Wildman–Crippen LogP) is 3.04. The van der Waals surface area contributed by atoms with E-state index in [0.29, 0.717) is 13.0 Å². The van der Waals surface area contributed by atoms with Crippen LogP contribution in [0.4, 0.5) is 5.69 Å². The molecule has 1 aromatic carbocycles. The largest absolute Gasteiger partial charge is 0.396 e. The van der Waals surface area contributed by atoms with Crippen LogP contribution in [0.25, 0.3) is 0 Å². The van der Waals surface area contributed by atoms with Crippen molar-refractivity contribution < 1.29 is 14.8 Å². The fraction of sp³-hybridized carbons (Fsp3) is 0.462. The van der Waals surface area contributed by atoms with E-state index in [1.807, 2.05) is 6.92 Å². The molecule has 0 fully saturated rings. The second-order valence-electron chi connectivity index (χ2n) is 4.73. The molecule has 0 aliphatic heterocycles. The van der Waals surface area contributed by atoms with E-state index in [1.54, 1.807) is 0 Å². The topological polar surface area (TPSA) is 92.5 Å². The van der Waals surface area contributed by atoms with Gasteiger partial charge in [-0.25, -0.2) is 0 Å². The number of nitrogens with one attached hydrogen (secondary N) is 1. The first-order valence-electron chi connectivity index (χ1n) is 6.39. The number of nitro benzene ring substituents is 1. The molecule has 1 atom stereocenters. The third-order valence-electron chi connectivity index (χ3n) is 2.94. The van der Waals surface area contributed by atoms with Crippen LogP contribution in [-0.2, 0) is 0 Å².